The summed E-state index contributed by atoms with van der Waals surface area (Å²) in [5.41, 5.74) is 0. The van der Waals surface area contributed by atoms with Gasteiger partial charge in [-0.15, -0.1) is 0 Å². The highest BCUT2D eigenvalue weighted by atomic mass is 16.5. The van der Waals surface area contributed by atoms with Crippen molar-refractivity contribution < 1.29 is 19.4 Å². The van der Waals surface area contributed by atoms with E-state index in [-0.39, 0.29) is 12.4 Å². The number of carbonyl (C=O) groups is 2. The molecule has 0 saturated heterocycles. The third kappa shape index (κ3) is 31.4. The lowest BCUT2D eigenvalue weighted by Crippen LogP contribution is -2.21. The van der Waals surface area contributed by atoms with Gasteiger partial charge in [-0.1, -0.05) is 167 Å². The van der Waals surface area contributed by atoms with E-state index in [2.05, 4.69) is 19.1 Å². The van der Waals surface area contributed by atoms with Crippen LogP contribution in [0.4, 0.5) is 0 Å². The molecule has 0 heterocycles. The minimum absolute atomic E-state index is 0.111. The second-order valence-electron chi connectivity index (χ2n) is 12.4. The van der Waals surface area contributed by atoms with E-state index in [1.807, 2.05) is 6.92 Å². The van der Waals surface area contributed by atoms with Crippen LogP contribution in [0.25, 0.3) is 0 Å². The Bertz CT molecular complexity index is 585. The van der Waals surface area contributed by atoms with Crippen LogP contribution in [0.1, 0.15) is 200 Å². The van der Waals surface area contributed by atoms with Gasteiger partial charge in [-0.3, -0.25) is 9.59 Å². The van der Waals surface area contributed by atoms with E-state index >= 15 is 0 Å². The molecule has 4 heteroatoms. The first-order chi connectivity index (χ1) is 20.1. The largest absolute Gasteiger partial charge is 0.481 e. The SMILES string of the molecule is CCCCCC/C=C/CCCCCCCCCCCCCCCCCCCCCCC(CC(=O)O)C(=O)OCCC. The average Bonchev–Trinajstić information content (AvgIpc) is 2.96. The topological polar surface area (TPSA) is 63.6 Å². The molecule has 242 valence electrons. The molecule has 0 aromatic rings. The van der Waals surface area contributed by atoms with Crippen LogP contribution >= 0.6 is 0 Å². The lowest BCUT2D eigenvalue weighted by molar-refractivity contribution is -0.153. The van der Waals surface area contributed by atoms with Crippen LogP contribution in [0.2, 0.25) is 0 Å². The number of esters is 1. The molecule has 0 aromatic carbocycles. The summed E-state index contributed by atoms with van der Waals surface area (Å²) in [6.45, 7) is 4.60. The van der Waals surface area contributed by atoms with Crippen LogP contribution in [0.15, 0.2) is 12.2 Å². The van der Waals surface area contributed by atoms with Gasteiger partial charge >= 0.3 is 11.9 Å². The van der Waals surface area contributed by atoms with Gasteiger partial charge in [0.15, 0.2) is 0 Å². The quantitative estimate of drug-likeness (QED) is 0.0478. The van der Waals surface area contributed by atoms with E-state index in [1.54, 1.807) is 0 Å². The second kappa shape index (κ2) is 33.2. The Morgan fingerprint density at radius 2 is 0.902 bits per heavy atom. The fourth-order valence-corrected chi connectivity index (χ4v) is 5.59. The maximum absolute atomic E-state index is 12.0. The average molecular weight is 579 g/mol. The second-order valence-corrected chi connectivity index (χ2v) is 12.4. The highest BCUT2D eigenvalue weighted by Crippen LogP contribution is 2.19. The molecule has 41 heavy (non-hydrogen) atoms. The Morgan fingerprint density at radius 3 is 1.27 bits per heavy atom. The standard InChI is InChI=1S/C37H70O4/c1-3-5-6-7-8-9-10-11-12-13-14-15-16-17-18-19-20-21-22-23-24-25-26-27-28-29-30-31-32-35(34-36(38)39)37(40)41-33-4-2/h9-10,35H,3-8,11-34H2,1-2H3,(H,38,39)/b10-9+. The summed E-state index contributed by atoms with van der Waals surface area (Å²) in [6.07, 6.45) is 41.0. The van der Waals surface area contributed by atoms with Crippen molar-refractivity contribution in [3.05, 3.63) is 12.2 Å². The fraction of sp³-hybridized carbons (Fsp3) is 0.892. The number of carboxylic acid groups (broad SMARTS) is 1. The summed E-state index contributed by atoms with van der Waals surface area (Å²) in [5, 5.41) is 9.05. The maximum atomic E-state index is 12.0. The normalized spacial score (nSPS) is 12.2. The monoisotopic (exact) mass is 579 g/mol. The van der Waals surface area contributed by atoms with Crippen LogP contribution in [0.5, 0.6) is 0 Å². The van der Waals surface area contributed by atoms with Crippen LogP contribution in [-0.4, -0.2) is 23.7 Å². The third-order valence-electron chi connectivity index (χ3n) is 8.27. The summed E-state index contributed by atoms with van der Waals surface area (Å²) < 4.78 is 5.16. The number of aliphatic carboxylic acids is 1. The van der Waals surface area contributed by atoms with Crippen molar-refractivity contribution >= 4 is 11.9 Å². The van der Waals surface area contributed by atoms with E-state index in [9.17, 15) is 9.59 Å². The van der Waals surface area contributed by atoms with E-state index in [0.29, 0.717) is 13.0 Å². The van der Waals surface area contributed by atoms with Gasteiger partial charge in [0, 0.05) is 0 Å². The number of hydrogen-bond acceptors (Lipinski definition) is 3. The van der Waals surface area contributed by atoms with Crippen molar-refractivity contribution in [3.63, 3.8) is 0 Å². The van der Waals surface area contributed by atoms with Crippen molar-refractivity contribution in [2.24, 2.45) is 5.92 Å². The summed E-state index contributed by atoms with van der Waals surface area (Å²) in [6, 6.07) is 0. The number of allylic oxidation sites excluding steroid dienone is 2. The van der Waals surface area contributed by atoms with Crippen molar-refractivity contribution in [1.82, 2.24) is 0 Å². The van der Waals surface area contributed by atoms with Crippen LogP contribution in [-0.2, 0) is 14.3 Å². The molecule has 0 fully saturated rings. The van der Waals surface area contributed by atoms with Gasteiger partial charge in [0.25, 0.3) is 0 Å². The molecule has 0 aliphatic heterocycles. The molecule has 1 N–H and O–H groups in total. The molecule has 0 saturated carbocycles. The molecule has 4 nitrogen and oxygen atoms in total. The number of carboxylic acids is 1. The minimum atomic E-state index is -0.915. The Balaban J connectivity index is 3.31. The van der Waals surface area contributed by atoms with Gasteiger partial charge in [-0.25, -0.2) is 0 Å². The van der Waals surface area contributed by atoms with E-state index in [1.165, 1.54) is 154 Å². The van der Waals surface area contributed by atoms with Crippen molar-refractivity contribution in [2.75, 3.05) is 6.61 Å². The number of rotatable bonds is 33. The van der Waals surface area contributed by atoms with E-state index in [0.717, 1.165) is 19.3 Å². The smallest absolute Gasteiger partial charge is 0.309 e. The zero-order chi connectivity index (χ0) is 30.1. The summed E-state index contributed by atoms with van der Waals surface area (Å²) in [4.78, 5) is 23.1. The predicted octanol–water partition coefficient (Wildman–Crippen LogP) is 12.1. The van der Waals surface area contributed by atoms with Gasteiger partial charge in [-0.05, 0) is 38.5 Å². The molecule has 0 amide bonds. The summed E-state index contributed by atoms with van der Waals surface area (Å²) >= 11 is 0. The molecule has 0 bridgehead atoms. The van der Waals surface area contributed by atoms with Gasteiger partial charge in [0.1, 0.15) is 0 Å². The van der Waals surface area contributed by atoms with Crippen LogP contribution < -0.4 is 0 Å². The van der Waals surface area contributed by atoms with Crippen molar-refractivity contribution in [1.29, 1.82) is 0 Å². The third-order valence-corrected chi connectivity index (χ3v) is 8.27. The number of ether oxygens (including phenoxy) is 1. The Labute approximate surface area is 255 Å². The van der Waals surface area contributed by atoms with Crippen molar-refractivity contribution in [3.8, 4) is 0 Å². The molecule has 0 aliphatic carbocycles. The van der Waals surface area contributed by atoms with E-state index in [4.69, 9.17) is 9.84 Å². The van der Waals surface area contributed by atoms with Crippen molar-refractivity contribution in [2.45, 2.75) is 200 Å². The molecule has 0 aromatic heterocycles. The maximum Gasteiger partial charge on any atom is 0.309 e. The minimum Gasteiger partial charge on any atom is -0.481 e. The van der Waals surface area contributed by atoms with E-state index < -0.39 is 11.9 Å². The zero-order valence-corrected chi connectivity index (χ0v) is 27.6. The Morgan fingerprint density at radius 1 is 0.537 bits per heavy atom. The molecular weight excluding hydrogens is 508 g/mol. The molecule has 1 unspecified atom stereocenters. The van der Waals surface area contributed by atoms with Gasteiger partial charge in [0.2, 0.25) is 0 Å². The Kier molecular flexibility index (Phi) is 32.1. The van der Waals surface area contributed by atoms with Gasteiger partial charge < -0.3 is 9.84 Å². The summed E-state index contributed by atoms with van der Waals surface area (Å²) in [7, 11) is 0. The van der Waals surface area contributed by atoms with Crippen LogP contribution in [0, 0.1) is 5.92 Å². The summed E-state index contributed by atoms with van der Waals surface area (Å²) in [5.74, 6) is -1.74. The first-order valence-corrected chi connectivity index (χ1v) is 18.1. The number of hydrogen-bond donors (Lipinski definition) is 1. The van der Waals surface area contributed by atoms with Crippen LogP contribution in [0.3, 0.4) is 0 Å². The molecular formula is C37H70O4. The highest BCUT2D eigenvalue weighted by Gasteiger charge is 2.22. The van der Waals surface area contributed by atoms with Gasteiger partial charge in [-0.2, -0.15) is 0 Å². The van der Waals surface area contributed by atoms with Gasteiger partial charge in [0.05, 0.1) is 18.9 Å². The first-order valence-electron chi connectivity index (χ1n) is 18.1. The zero-order valence-electron chi connectivity index (χ0n) is 27.6. The molecule has 0 radical (unpaired) electrons. The lowest BCUT2D eigenvalue weighted by atomic mass is 9.97. The predicted molar refractivity (Wildman–Crippen MR) is 176 cm³/mol. The molecule has 1 atom stereocenters. The molecule has 0 aliphatic rings. The first kappa shape index (κ1) is 39.7. The Hall–Kier alpha value is -1.32. The molecule has 0 spiro atoms. The lowest BCUT2D eigenvalue weighted by Gasteiger charge is -2.13. The number of unbranched alkanes of at least 4 members (excludes halogenated alkanes) is 24. The molecule has 0 rings (SSSR count). The highest BCUT2D eigenvalue weighted by molar-refractivity contribution is 5.79. The fourth-order valence-electron chi connectivity index (χ4n) is 5.59. The number of carbonyl (C=O) groups excluding carboxylic acids is 1.